The van der Waals surface area contributed by atoms with Crippen molar-refractivity contribution in [1.29, 1.82) is 0 Å². The molecule has 0 fully saturated rings. The van der Waals surface area contributed by atoms with Crippen molar-refractivity contribution in [2.75, 3.05) is 6.54 Å². The number of aromatic nitrogens is 1. The molecule has 1 aromatic rings. The van der Waals surface area contributed by atoms with Crippen LogP contribution in [-0.2, 0) is 6.42 Å². The first-order valence-corrected chi connectivity index (χ1v) is 6.14. The predicted octanol–water partition coefficient (Wildman–Crippen LogP) is 3.35. The molecule has 0 aliphatic rings. The molecule has 1 N–H and O–H groups in total. The maximum absolute atomic E-state index is 4.27. The molecular weight excluding hydrogens is 196 g/mol. The van der Waals surface area contributed by atoms with E-state index < -0.39 is 0 Å². The van der Waals surface area contributed by atoms with Gasteiger partial charge in [0.25, 0.3) is 0 Å². The molecule has 0 spiro atoms. The SMILES string of the molecule is CC.Cc1ncccc1CCNC(C)(C)C. The number of nitrogens with one attached hydrogen (secondary N) is 1. The maximum atomic E-state index is 4.27. The molecule has 0 aliphatic carbocycles. The third-order valence-corrected chi connectivity index (χ3v) is 2.17. The third-order valence-electron chi connectivity index (χ3n) is 2.17. The Bertz CT molecular complexity index is 287. The summed E-state index contributed by atoms with van der Waals surface area (Å²) in [7, 11) is 0. The number of nitrogens with zero attached hydrogens (tertiary/aromatic N) is 1. The van der Waals surface area contributed by atoms with Gasteiger partial charge in [-0.05, 0) is 52.3 Å². The fourth-order valence-corrected chi connectivity index (χ4v) is 1.35. The highest BCUT2D eigenvalue weighted by molar-refractivity contribution is 5.18. The predicted molar refractivity (Wildman–Crippen MR) is 71.8 cm³/mol. The van der Waals surface area contributed by atoms with Crippen LogP contribution in [0, 0.1) is 6.92 Å². The topological polar surface area (TPSA) is 24.9 Å². The van der Waals surface area contributed by atoms with Gasteiger partial charge in [-0.15, -0.1) is 0 Å². The molecule has 0 atom stereocenters. The summed E-state index contributed by atoms with van der Waals surface area (Å²) in [5.74, 6) is 0. The van der Waals surface area contributed by atoms with Crippen molar-refractivity contribution >= 4 is 0 Å². The molecule has 0 aromatic carbocycles. The van der Waals surface area contributed by atoms with Crippen LogP contribution in [0.25, 0.3) is 0 Å². The zero-order valence-corrected chi connectivity index (χ0v) is 11.6. The Balaban J connectivity index is 0.00000106. The van der Waals surface area contributed by atoms with Crippen molar-refractivity contribution in [2.45, 2.75) is 53.5 Å². The van der Waals surface area contributed by atoms with Gasteiger partial charge in [-0.1, -0.05) is 19.9 Å². The standard InChI is InChI=1S/C12H20N2.C2H6/c1-10-11(6-5-8-13-10)7-9-14-12(2,3)4;1-2/h5-6,8,14H,7,9H2,1-4H3;1-2H3. The highest BCUT2D eigenvalue weighted by Gasteiger charge is 2.07. The van der Waals surface area contributed by atoms with Gasteiger partial charge in [0.1, 0.15) is 0 Å². The summed E-state index contributed by atoms with van der Waals surface area (Å²) >= 11 is 0. The van der Waals surface area contributed by atoms with Gasteiger partial charge in [0, 0.05) is 17.4 Å². The Morgan fingerprint density at radius 1 is 1.25 bits per heavy atom. The van der Waals surface area contributed by atoms with Crippen LogP contribution in [0.1, 0.15) is 45.9 Å². The van der Waals surface area contributed by atoms with E-state index in [1.54, 1.807) is 0 Å². The first-order valence-electron chi connectivity index (χ1n) is 6.14. The van der Waals surface area contributed by atoms with Crippen LogP contribution in [0.4, 0.5) is 0 Å². The van der Waals surface area contributed by atoms with Crippen molar-refractivity contribution in [3.05, 3.63) is 29.6 Å². The number of pyridine rings is 1. The zero-order valence-electron chi connectivity index (χ0n) is 11.6. The molecule has 16 heavy (non-hydrogen) atoms. The Hall–Kier alpha value is -0.890. The Labute approximate surface area is 100 Å². The van der Waals surface area contributed by atoms with Gasteiger partial charge in [0.2, 0.25) is 0 Å². The maximum Gasteiger partial charge on any atom is 0.0405 e. The van der Waals surface area contributed by atoms with E-state index in [1.807, 2.05) is 26.1 Å². The van der Waals surface area contributed by atoms with Gasteiger partial charge in [-0.3, -0.25) is 4.98 Å². The molecule has 1 heterocycles. The lowest BCUT2D eigenvalue weighted by Crippen LogP contribution is -2.37. The number of rotatable bonds is 3. The smallest absolute Gasteiger partial charge is 0.0405 e. The highest BCUT2D eigenvalue weighted by atomic mass is 14.9. The second-order valence-corrected chi connectivity index (χ2v) is 4.67. The summed E-state index contributed by atoms with van der Waals surface area (Å²) < 4.78 is 0. The molecule has 0 radical (unpaired) electrons. The molecule has 0 unspecified atom stereocenters. The van der Waals surface area contributed by atoms with E-state index in [0.29, 0.717) is 0 Å². The fraction of sp³-hybridized carbons (Fsp3) is 0.643. The Morgan fingerprint density at radius 3 is 2.38 bits per heavy atom. The van der Waals surface area contributed by atoms with Gasteiger partial charge in [0.05, 0.1) is 0 Å². The monoisotopic (exact) mass is 222 g/mol. The van der Waals surface area contributed by atoms with Crippen LogP contribution in [-0.4, -0.2) is 17.1 Å². The zero-order chi connectivity index (χ0) is 12.6. The van der Waals surface area contributed by atoms with Gasteiger partial charge >= 0.3 is 0 Å². The Morgan fingerprint density at radius 2 is 1.88 bits per heavy atom. The van der Waals surface area contributed by atoms with E-state index in [4.69, 9.17) is 0 Å². The van der Waals surface area contributed by atoms with Crippen molar-refractivity contribution in [3.63, 3.8) is 0 Å². The van der Waals surface area contributed by atoms with Gasteiger partial charge in [-0.25, -0.2) is 0 Å². The summed E-state index contributed by atoms with van der Waals surface area (Å²) in [4.78, 5) is 4.27. The van der Waals surface area contributed by atoms with Crippen LogP contribution in [0.15, 0.2) is 18.3 Å². The molecular formula is C14H26N2. The minimum atomic E-state index is 0.204. The van der Waals surface area contributed by atoms with E-state index in [1.165, 1.54) is 5.56 Å². The van der Waals surface area contributed by atoms with Crippen LogP contribution in [0.2, 0.25) is 0 Å². The summed E-state index contributed by atoms with van der Waals surface area (Å²) in [5.41, 5.74) is 2.68. The summed E-state index contributed by atoms with van der Waals surface area (Å²) in [5, 5.41) is 3.47. The first kappa shape index (κ1) is 15.1. The summed E-state index contributed by atoms with van der Waals surface area (Å²) in [6.07, 6.45) is 2.90. The van der Waals surface area contributed by atoms with Crippen molar-refractivity contribution < 1.29 is 0 Å². The van der Waals surface area contributed by atoms with Crippen molar-refractivity contribution in [2.24, 2.45) is 0 Å². The molecule has 0 bridgehead atoms. The third kappa shape index (κ3) is 6.57. The quantitative estimate of drug-likeness (QED) is 0.848. The fourth-order valence-electron chi connectivity index (χ4n) is 1.35. The van der Waals surface area contributed by atoms with E-state index in [0.717, 1.165) is 18.7 Å². The molecule has 2 nitrogen and oxygen atoms in total. The van der Waals surface area contributed by atoms with E-state index >= 15 is 0 Å². The van der Waals surface area contributed by atoms with E-state index in [9.17, 15) is 0 Å². The summed E-state index contributed by atoms with van der Waals surface area (Å²) in [6.45, 7) is 13.6. The van der Waals surface area contributed by atoms with Crippen LogP contribution in [0.5, 0.6) is 0 Å². The van der Waals surface area contributed by atoms with Crippen molar-refractivity contribution in [3.8, 4) is 0 Å². The molecule has 0 saturated carbocycles. The molecule has 92 valence electrons. The van der Waals surface area contributed by atoms with E-state index in [2.05, 4.69) is 44.1 Å². The second-order valence-electron chi connectivity index (χ2n) is 4.67. The molecule has 0 amide bonds. The minimum Gasteiger partial charge on any atom is -0.312 e. The second kappa shape index (κ2) is 7.39. The minimum absolute atomic E-state index is 0.204. The average Bonchev–Trinajstić information content (AvgIpc) is 2.22. The number of aryl methyl sites for hydroxylation is 1. The molecule has 0 saturated heterocycles. The van der Waals surface area contributed by atoms with Gasteiger partial charge in [-0.2, -0.15) is 0 Å². The lowest BCUT2D eigenvalue weighted by Gasteiger charge is -2.20. The number of hydrogen-bond acceptors (Lipinski definition) is 2. The summed E-state index contributed by atoms with van der Waals surface area (Å²) in [6, 6.07) is 4.14. The van der Waals surface area contributed by atoms with Gasteiger partial charge < -0.3 is 5.32 Å². The van der Waals surface area contributed by atoms with Crippen LogP contribution < -0.4 is 5.32 Å². The Kier molecular flexibility index (Phi) is 6.98. The van der Waals surface area contributed by atoms with Crippen molar-refractivity contribution in [1.82, 2.24) is 10.3 Å². The molecule has 1 aromatic heterocycles. The normalized spacial score (nSPS) is 10.6. The first-order chi connectivity index (χ1) is 7.49. The molecule has 0 aliphatic heterocycles. The van der Waals surface area contributed by atoms with Gasteiger partial charge in [0.15, 0.2) is 0 Å². The van der Waals surface area contributed by atoms with E-state index in [-0.39, 0.29) is 5.54 Å². The highest BCUT2D eigenvalue weighted by Crippen LogP contribution is 2.05. The lowest BCUT2D eigenvalue weighted by molar-refractivity contribution is 0.429. The molecule has 1 rings (SSSR count). The molecule has 2 heteroatoms. The largest absolute Gasteiger partial charge is 0.312 e. The average molecular weight is 222 g/mol. The van der Waals surface area contributed by atoms with Crippen LogP contribution >= 0.6 is 0 Å². The number of hydrogen-bond donors (Lipinski definition) is 1. The lowest BCUT2D eigenvalue weighted by atomic mass is 10.1. The van der Waals surface area contributed by atoms with Crippen LogP contribution in [0.3, 0.4) is 0 Å².